The molecule has 0 bridgehead atoms. The van der Waals surface area contributed by atoms with E-state index >= 15 is 0 Å². The minimum absolute atomic E-state index is 0.0580. The summed E-state index contributed by atoms with van der Waals surface area (Å²) in [4.78, 5) is 0. The van der Waals surface area contributed by atoms with Gasteiger partial charge in [-0.1, -0.05) is 35.9 Å². The molecule has 1 aliphatic carbocycles. The molecule has 4 heteroatoms. The van der Waals surface area contributed by atoms with Crippen molar-refractivity contribution in [2.24, 2.45) is 18.7 Å². The Kier molecular flexibility index (Phi) is 2.88. The largest absolute Gasteiger partial charge is 0.322 e. The van der Waals surface area contributed by atoms with Crippen molar-refractivity contribution in [1.82, 2.24) is 9.78 Å². The molecule has 0 aliphatic heterocycles. The molecule has 0 amide bonds. The van der Waals surface area contributed by atoms with Crippen LogP contribution in [-0.2, 0) is 19.9 Å². The maximum atomic E-state index is 6.38. The summed E-state index contributed by atoms with van der Waals surface area (Å²) >= 11 is 6.17. The molecular weight excluding hydrogens is 246 g/mol. The van der Waals surface area contributed by atoms with E-state index < -0.39 is 0 Å². The number of nitrogens with two attached hydrogens (primary N) is 1. The van der Waals surface area contributed by atoms with E-state index in [-0.39, 0.29) is 6.04 Å². The molecule has 3 rings (SSSR count). The number of aryl methyl sites for hydroxylation is 1. The van der Waals surface area contributed by atoms with Crippen LogP contribution < -0.4 is 5.73 Å². The monoisotopic (exact) mass is 261 g/mol. The van der Waals surface area contributed by atoms with Crippen LogP contribution in [0.25, 0.3) is 0 Å². The lowest BCUT2D eigenvalue weighted by Gasteiger charge is -2.19. The van der Waals surface area contributed by atoms with Gasteiger partial charge in [0.25, 0.3) is 0 Å². The number of fused-ring (bicyclic) bond motifs is 1. The Morgan fingerprint density at radius 1 is 1.33 bits per heavy atom. The van der Waals surface area contributed by atoms with Gasteiger partial charge in [0.15, 0.2) is 0 Å². The van der Waals surface area contributed by atoms with Gasteiger partial charge >= 0.3 is 0 Å². The van der Waals surface area contributed by atoms with E-state index in [1.807, 2.05) is 7.05 Å². The van der Waals surface area contributed by atoms with Gasteiger partial charge in [-0.25, -0.2) is 0 Å². The highest BCUT2D eigenvalue weighted by Crippen LogP contribution is 2.35. The maximum Gasteiger partial charge on any atom is 0.0834 e. The molecule has 0 spiro atoms. The summed E-state index contributed by atoms with van der Waals surface area (Å²) in [6.07, 6.45) is 3.72. The Balaban J connectivity index is 1.87. The number of benzene rings is 1. The van der Waals surface area contributed by atoms with Crippen molar-refractivity contribution in [1.29, 1.82) is 0 Å². The lowest BCUT2D eigenvalue weighted by Crippen LogP contribution is -2.24. The molecule has 1 aliphatic rings. The van der Waals surface area contributed by atoms with Crippen molar-refractivity contribution in [3.8, 4) is 0 Å². The van der Waals surface area contributed by atoms with Crippen LogP contribution in [0.15, 0.2) is 30.5 Å². The van der Waals surface area contributed by atoms with Crippen molar-refractivity contribution >= 4 is 11.6 Å². The van der Waals surface area contributed by atoms with Crippen LogP contribution in [0.5, 0.6) is 0 Å². The van der Waals surface area contributed by atoms with Crippen LogP contribution in [-0.4, -0.2) is 9.78 Å². The molecule has 1 heterocycles. The Labute approximate surface area is 112 Å². The second-order valence-electron chi connectivity index (χ2n) is 4.96. The van der Waals surface area contributed by atoms with Crippen LogP contribution >= 0.6 is 11.6 Å². The molecule has 1 aromatic heterocycles. The predicted octanol–water partition coefficient (Wildman–Crippen LogP) is 2.49. The van der Waals surface area contributed by atoms with Crippen molar-refractivity contribution in [3.05, 3.63) is 52.3 Å². The number of aromatic nitrogens is 2. The maximum absolute atomic E-state index is 6.38. The summed E-state index contributed by atoms with van der Waals surface area (Å²) in [6.45, 7) is 0. The summed E-state index contributed by atoms with van der Waals surface area (Å²) in [7, 11) is 1.89. The lowest BCUT2D eigenvalue weighted by atomic mass is 9.95. The van der Waals surface area contributed by atoms with Crippen molar-refractivity contribution in [3.63, 3.8) is 0 Å². The third-order valence-corrected chi connectivity index (χ3v) is 4.14. The number of halogens is 1. The molecule has 0 saturated carbocycles. The SMILES string of the molecule is Cn1ncc(Cl)c1C(N)C1Cc2ccccc2C1. The van der Waals surface area contributed by atoms with Crippen molar-refractivity contribution < 1.29 is 0 Å². The third-order valence-electron chi connectivity index (χ3n) is 3.84. The topological polar surface area (TPSA) is 43.8 Å². The highest BCUT2D eigenvalue weighted by Gasteiger charge is 2.30. The fourth-order valence-electron chi connectivity index (χ4n) is 2.87. The molecule has 1 aromatic carbocycles. The van der Waals surface area contributed by atoms with Gasteiger partial charge in [-0.2, -0.15) is 5.10 Å². The summed E-state index contributed by atoms with van der Waals surface area (Å²) in [6, 6.07) is 8.49. The van der Waals surface area contributed by atoms with Gasteiger partial charge in [0, 0.05) is 7.05 Å². The average molecular weight is 262 g/mol. The van der Waals surface area contributed by atoms with Gasteiger partial charge in [-0.3, -0.25) is 4.68 Å². The van der Waals surface area contributed by atoms with Crippen LogP contribution in [0, 0.1) is 5.92 Å². The van der Waals surface area contributed by atoms with Crippen LogP contribution in [0.2, 0.25) is 5.02 Å². The number of rotatable bonds is 2. The zero-order valence-electron chi connectivity index (χ0n) is 10.3. The van der Waals surface area contributed by atoms with E-state index in [0.717, 1.165) is 18.5 Å². The van der Waals surface area contributed by atoms with Crippen LogP contribution in [0.3, 0.4) is 0 Å². The van der Waals surface area contributed by atoms with Crippen molar-refractivity contribution in [2.75, 3.05) is 0 Å². The lowest BCUT2D eigenvalue weighted by molar-refractivity contribution is 0.430. The highest BCUT2D eigenvalue weighted by atomic mass is 35.5. The Morgan fingerprint density at radius 3 is 2.44 bits per heavy atom. The number of nitrogens with zero attached hydrogens (tertiary/aromatic N) is 2. The van der Waals surface area contributed by atoms with Gasteiger partial charge in [0.1, 0.15) is 0 Å². The predicted molar refractivity (Wildman–Crippen MR) is 72.5 cm³/mol. The van der Waals surface area contributed by atoms with Crippen LogP contribution in [0.1, 0.15) is 22.9 Å². The van der Waals surface area contributed by atoms with E-state index in [4.69, 9.17) is 17.3 Å². The zero-order valence-corrected chi connectivity index (χ0v) is 11.1. The molecule has 0 fully saturated rings. The zero-order chi connectivity index (χ0) is 12.7. The standard InChI is InChI=1S/C14H16ClN3/c1-18-14(12(15)8-17-18)13(16)11-6-9-4-2-3-5-10(9)7-11/h2-5,8,11,13H,6-7,16H2,1H3. The summed E-state index contributed by atoms with van der Waals surface area (Å²) in [5.41, 5.74) is 10.1. The van der Waals surface area contributed by atoms with Crippen LogP contribution in [0.4, 0.5) is 0 Å². The van der Waals surface area contributed by atoms with Gasteiger partial charge in [0.2, 0.25) is 0 Å². The molecular formula is C14H16ClN3. The van der Waals surface area contributed by atoms with E-state index in [0.29, 0.717) is 10.9 Å². The Hall–Kier alpha value is -1.32. The summed E-state index contributed by atoms with van der Waals surface area (Å²) in [5.74, 6) is 0.412. The average Bonchev–Trinajstić information content (AvgIpc) is 2.92. The first-order valence-electron chi connectivity index (χ1n) is 6.16. The Bertz CT molecular complexity index is 532. The highest BCUT2D eigenvalue weighted by molar-refractivity contribution is 6.31. The van der Waals surface area contributed by atoms with Gasteiger partial charge in [-0.15, -0.1) is 0 Å². The fraction of sp³-hybridized carbons (Fsp3) is 0.357. The molecule has 94 valence electrons. The minimum Gasteiger partial charge on any atom is -0.322 e. The molecule has 18 heavy (non-hydrogen) atoms. The molecule has 1 unspecified atom stereocenters. The second kappa shape index (κ2) is 4.41. The molecule has 3 nitrogen and oxygen atoms in total. The second-order valence-corrected chi connectivity index (χ2v) is 5.37. The molecule has 1 atom stereocenters. The third kappa shape index (κ3) is 1.84. The summed E-state index contributed by atoms with van der Waals surface area (Å²) < 4.78 is 1.79. The molecule has 2 N–H and O–H groups in total. The van der Waals surface area contributed by atoms with Crippen molar-refractivity contribution in [2.45, 2.75) is 18.9 Å². The van der Waals surface area contributed by atoms with Gasteiger partial charge in [0.05, 0.1) is 23.0 Å². The molecule has 0 radical (unpaired) electrons. The first-order valence-corrected chi connectivity index (χ1v) is 6.54. The smallest absolute Gasteiger partial charge is 0.0834 e. The molecule has 0 saturated heterocycles. The first-order chi connectivity index (χ1) is 8.66. The van der Waals surface area contributed by atoms with E-state index in [1.54, 1.807) is 10.9 Å². The quantitative estimate of drug-likeness (QED) is 0.903. The fourth-order valence-corrected chi connectivity index (χ4v) is 3.16. The summed E-state index contributed by atoms with van der Waals surface area (Å²) in [5, 5.41) is 4.83. The first kappa shape index (κ1) is 11.8. The van der Waals surface area contributed by atoms with E-state index in [2.05, 4.69) is 29.4 Å². The molecule has 2 aromatic rings. The van der Waals surface area contributed by atoms with Gasteiger partial charge < -0.3 is 5.73 Å². The Morgan fingerprint density at radius 2 is 1.94 bits per heavy atom. The van der Waals surface area contributed by atoms with Gasteiger partial charge in [-0.05, 0) is 29.9 Å². The van der Waals surface area contributed by atoms with E-state index in [9.17, 15) is 0 Å². The van der Waals surface area contributed by atoms with E-state index in [1.165, 1.54) is 11.1 Å². The number of hydrogen-bond donors (Lipinski definition) is 1. The number of hydrogen-bond acceptors (Lipinski definition) is 2. The minimum atomic E-state index is -0.0580. The normalized spacial score (nSPS) is 16.8.